The summed E-state index contributed by atoms with van der Waals surface area (Å²) in [5, 5.41) is 3.81. The zero-order chi connectivity index (χ0) is 15.9. The summed E-state index contributed by atoms with van der Waals surface area (Å²) in [7, 11) is 0. The van der Waals surface area contributed by atoms with Gasteiger partial charge < -0.3 is 14.6 Å². The predicted octanol–water partition coefficient (Wildman–Crippen LogP) is 4.41. The number of nitrogens with one attached hydrogen (secondary N) is 1. The first-order valence-electron chi connectivity index (χ1n) is 7.49. The first-order chi connectivity index (χ1) is 10.7. The fourth-order valence-electron chi connectivity index (χ4n) is 2.47. The fraction of sp³-hybridized carbons (Fsp3) is 0.278. The molecule has 0 bridgehead atoms. The van der Waals surface area contributed by atoms with E-state index in [1.807, 2.05) is 28.8 Å². The molecule has 22 heavy (non-hydrogen) atoms. The minimum atomic E-state index is -0.401. The molecule has 116 valence electrons. The van der Waals surface area contributed by atoms with Crippen molar-refractivity contribution < 1.29 is 9.53 Å². The molecule has 4 heteroatoms. The van der Waals surface area contributed by atoms with E-state index in [1.165, 1.54) is 0 Å². The number of alkyl carbamates (subject to hydrolysis) is 1. The second-order valence-electron chi connectivity index (χ2n) is 4.99. The molecule has 0 radical (unpaired) electrons. The van der Waals surface area contributed by atoms with Gasteiger partial charge in [-0.2, -0.15) is 0 Å². The topological polar surface area (TPSA) is 43.3 Å². The van der Waals surface area contributed by atoms with Gasteiger partial charge in [-0.3, -0.25) is 0 Å². The van der Waals surface area contributed by atoms with Crippen LogP contribution in [0.2, 0.25) is 0 Å². The standard InChI is InChI=1S/C18H22N2O2/c1-4-7-12-19-18(21)22-13-20-16(6-3)14(5-2)15-10-8-9-11-17(15)20/h5-6,8-11H,2-4,7,12-13H2,1H3,(H,19,21). The monoisotopic (exact) mass is 298 g/mol. The number of carbonyl (C=O) groups is 1. The largest absolute Gasteiger partial charge is 0.428 e. The van der Waals surface area contributed by atoms with Crippen molar-refractivity contribution in [1.82, 2.24) is 9.88 Å². The summed E-state index contributed by atoms with van der Waals surface area (Å²) in [6.45, 7) is 10.6. The van der Waals surface area contributed by atoms with Crippen LogP contribution in [0.15, 0.2) is 37.4 Å². The molecule has 1 heterocycles. The van der Waals surface area contributed by atoms with Crippen LogP contribution in [0, 0.1) is 0 Å². The molecule has 1 aromatic heterocycles. The van der Waals surface area contributed by atoms with Crippen molar-refractivity contribution >= 4 is 29.1 Å². The average molecular weight is 298 g/mol. The van der Waals surface area contributed by atoms with Crippen molar-refractivity contribution in [3.8, 4) is 0 Å². The molecule has 0 spiro atoms. The predicted molar refractivity (Wildman–Crippen MR) is 91.5 cm³/mol. The first kappa shape index (κ1) is 15.9. The molecule has 0 aliphatic heterocycles. The Morgan fingerprint density at radius 2 is 2.09 bits per heavy atom. The van der Waals surface area contributed by atoms with Crippen molar-refractivity contribution in [2.45, 2.75) is 26.5 Å². The average Bonchev–Trinajstić information content (AvgIpc) is 2.86. The Morgan fingerprint density at radius 1 is 1.32 bits per heavy atom. The minimum Gasteiger partial charge on any atom is -0.428 e. The van der Waals surface area contributed by atoms with Crippen LogP contribution in [-0.4, -0.2) is 17.2 Å². The second kappa shape index (κ2) is 7.50. The molecule has 0 saturated carbocycles. The van der Waals surface area contributed by atoms with Gasteiger partial charge in [0.05, 0.1) is 11.2 Å². The van der Waals surface area contributed by atoms with E-state index in [0.717, 1.165) is 35.0 Å². The SMILES string of the molecule is C=Cc1c(C=C)n(COC(=O)NCCCC)c2ccccc12. The third-order valence-corrected chi connectivity index (χ3v) is 3.57. The van der Waals surface area contributed by atoms with Crippen LogP contribution in [0.25, 0.3) is 23.1 Å². The van der Waals surface area contributed by atoms with Crippen LogP contribution in [0.1, 0.15) is 31.0 Å². The van der Waals surface area contributed by atoms with Crippen molar-refractivity contribution in [3.63, 3.8) is 0 Å². The molecule has 1 amide bonds. The van der Waals surface area contributed by atoms with Gasteiger partial charge in [-0.1, -0.05) is 50.8 Å². The van der Waals surface area contributed by atoms with Crippen molar-refractivity contribution in [1.29, 1.82) is 0 Å². The maximum atomic E-state index is 11.7. The molecule has 0 atom stereocenters. The summed E-state index contributed by atoms with van der Waals surface area (Å²) in [6, 6.07) is 7.95. The van der Waals surface area contributed by atoms with Gasteiger partial charge in [-0.15, -0.1) is 0 Å². The van der Waals surface area contributed by atoms with Gasteiger partial charge in [-0.05, 0) is 18.6 Å². The number of carbonyl (C=O) groups excluding carboxylic acids is 1. The van der Waals surface area contributed by atoms with Gasteiger partial charge in [-0.25, -0.2) is 4.79 Å². The quantitative estimate of drug-likeness (QED) is 0.769. The molecule has 2 rings (SSSR count). The Balaban J connectivity index is 2.22. The summed E-state index contributed by atoms with van der Waals surface area (Å²) in [4.78, 5) is 11.7. The number of aromatic nitrogens is 1. The summed E-state index contributed by atoms with van der Waals surface area (Å²) in [6.07, 6.45) is 5.14. The summed E-state index contributed by atoms with van der Waals surface area (Å²) < 4.78 is 7.24. The molecule has 0 aliphatic rings. The van der Waals surface area contributed by atoms with Crippen LogP contribution in [-0.2, 0) is 11.5 Å². The lowest BCUT2D eigenvalue weighted by atomic mass is 10.1. The van der Waals surface area contributed by atoms with Crippen LogP contribution in [0.5, 0.6) is 0 Å². The smallest absolute Gasteiger partial charge is 0.408 e. The molecule has 0 aliphatic carbocycles. The lowest BCUT2D eigenvalue weighted by Crippen LogP contribution is -2.26. The number of ether oxygens (including phenoxy) is 1. The van der Waals surface area contributed by atoms with Gasteiger partial charge >= 0.3 is 6.09 Å². The molecular weight excluding hydrogens is 276 g/mol. The highest BCUT2D eigenvalue weighted by atomic mass is 16.6. The van der Waals surface area contributed by atoms with Gasteiger partial charge in [0.15, 0.2) is 6.73 Å². The van der Waals surface area contributed by atoms with E-state index in [0.29, 0.717) is 6.54 Å². The summed E-state index contributed by atoms with van der Waals surface area (Å²) in [5.74, 6) is 0. The fourth-order valence-corrected chi connectivity index (χ4v) is 2.47. The number of nitrogens with zero attached hydrogens (tertiary/aromatic N) is 1. The molecule has 0 saturated heterocycles. The molecule has 0 unspecified atom stereocenters. The second-order valence-corrected chi connectivity index (χ2v) is 4.99. The van der Waals surface area contributed by atoms with Crippen LogP contribution in [0.4, 0.5) is 4.79 Å². The number of hydrogen-bond donors (Lipinski definition) is 1. The number of fused-ring (bicyclic) bond motifs is 1. The van der Waals surface area contributed by atoms with E-state index >= 15 is 0 Å². The Hall–Kier alpha value is -2.49. The van der Waals surface area contributed by atoms with Crippen LogP contribution in [0.3, 0.4) is 0 Å². The normalized spacial score (nSPS) is 10.4. The first-order valence-corrected chi connectivity index (χ1v) is 7.49. The maximum Gasteiger partial charge on any atom is 0.408 e. The van der Waals surface area contributed by atoms with E-state index in [4.69, 9.17) is 4.74 Å². The molecule has 0 fully saturated rings. The van der Waals surface area contributed by atoms with Crippen LogP contribution >= 0.6 is 0 Å². The highest BCUT2D eigenvalue weighted by Gasteiger charge is 2.13. The Bertz CT molecular complexity index is 686. The van der Waals surface area contributed by atoms with Crippen molar-refractivity contribution in [2.24, 2.45) is 0 Å². The maximum absolute atomic E-state index is 11.7. The van der Waals surface area contributed by atoms with E-state index in [-0.39, 0.29) is 6.73 Å². The highest BCUT2D eigenvalue weighted by Crippen LogP contribution is 2.28. The summed E-state index contributed by atoms with van der Waals surface area (Å²) >= 11 is 0. The van der Waals surface area contributed by atoms with Crippen molar-refractivity contribution in [3.05, 3.63) is 48.7 Å². The lowest BCUT2D eigenvalue weighted by Gasteiger charge is -2.10. The number of para-hydroxylation sites is 1. The third kappa shape index (κ3) is 3.22. The Kier molecular flexibility index (Phi) is 5.42. The van der Waals surface area contributed by atoms with Crippen LogP contribution < -0.4 is 5.32 Å². The number of hydrogen-bond acceptors (Lipinski definition) is 2. The Labute approximate surface area is 131 Å². The van der Waals surface area contributed by atoms with Gasteiger partial charge in [0.25, 0.3) is 0 Å². The van der Waals surface area contributed by atoms with E-state index in [9.17, 15) is 4.79 Å². The number of benzene rings is 1. The number of amides is 1. The van der Waals surface area contributed by atoms with E-state index in [2.05, 4.69) is 25.4 Å². The zero-order valence-electron chi connectivity index (χ0n) is 13.0. The zero-order valence-corrected chi connectivity index (χ0v) is 13.0. The van der Waals surface area contributed by atoms with Crippen molar-refractivity contribution in [2.75, 3.05) is 6.54 Å². The lowest BCUT2D eigenvalue weighted by molar-refractivity contribution is 0.115. The molecule has 1 N–H and O–H groups in total. The van der Waals surface area contributed by atoms with E-state index in [1.54, 1.807) is 12.2 Å². The number of rotatable bonds is 7. The summed E-state index contributed by atoms with van der Waals surface area (Å²) in [5.41, 5.74) is 2.90. The van der Waals surface area contributed by atoms with Gasteiger partial charge in [0, 0.05) is 17.5 Å². The van der Waals surface area contributed by atoms with Gasteiger partial charge in [0.2, 0.25) is 0 Å². The number of unbranched alkanes of at least 4 members (excludes halogenated alkanes) is 1. The van der Waals surface area contributed by atoms with Gasteiger partial charge in [0.1, 0.15) is 0 Å². The molecular formula is C18H22N2O2. The molecule has 2 aromatic rings. The van der Waals surface area contributed by atoms with E-state index < -0.39 is 6.09 Å². The Morgan fingerprint density at radius 3 is 2.77 bits per heavy atom. The highest BCUT2D eigenvalue weighted by molar-refractivity contribution is 5.93. The molecule has 4 nitrogen and oxygen atoms in total. The molecule has 1 aromatic carbocycles. The third-order valence-electron chi connectivity index (χ3n) is 3.57. The minimum absolute atomic E-state index is 0.146.